The molecule has 0 aliphatic heterocycles. The van der Waals surface area contributed by atoms with Gasteiger partial charge in [-0.1, -0.05) is 188 Å². The summed E-state index contributed by atoms with van der Waals surface area (Å²) < 4.78 is 0. The monoisotopic (exact) mass is 725 g/mol. The van der Waals surface area contributed by atoms with Gasteiger partial charge in [0.1, 0.15) is 0 Å². The topological polar surface area (TPSA) is 3.24 Å². The Morgan fingerprint density at radius 3 is 1.21 bits per heavy atom. The predicted octanol–water partition coefficient (Wildman–Crippen LogP) is 15.8. The summed E-state index contributed by atoms with van der Waals surface area (Å²) in [7, 11) is 0. The first-order chi connectivity index (χ1) is 28.2. The van der Waals surface area contributed by atoms with E-state index in [9.17, 15) is 0 Å². The number of anilines is 3. The van der Waals surface area contributed by atoms with Crippen LogP contribution in [0.3, 0.4) is 0 Å². The lowest BCUT2D eigenvalue weighted by Crippen LogP contribution is -2.10. The molecule has 0 aliphatic rings. The zero-order valence-corrected chi connectivity index (χ0v) is 31.5. The first kappa shape index (κ1) is 34.0. The van der Waals surface area contributed by atoms with Gasteiger partial charge in [-0.25, -0.2) is 0 Å². The van der Waals surface area contributed by atoms with Gasteiger partial charge in [-0.2, -0.15) is 0 Å². The molecule has 57 heavy (non-hydrogen) atoms. The van der Waals surface area contributed by atoms with Crippen LogP contribution in [0.5, 0.6) is 0 Å². The van der Waals surface area contributed by atoms with Gasteiger partial charge in [-0.3, -0.25) is 0 Å². The van der Waals surface area contributed by atoms with Crippen molar-refractivity contribution >= 4 is 38.6 Å². The fourth-order valence-corrected chi connectivity index (χ4v) is 8.15. The maximum absolute atomic E-state index is 2.37. The van der Waals surface area contributed by atoms with Crippen LogP contribution in [0.4, 0.5) is 17.1 Å². The fourth-order valence-electron chi connectivity index (χ4n) is 8.15. The van der Waals surface area contributed by atoms with Crippen LogP contribution < -0.4 is 4.90 Å². The molecule has 0 aromatic heterocycles. The molecule has 0 unspecified atom stereocenters. The summed E-state index contributed by atoms with van der Waals surface area (Å²) in [5.74, 6) is 0. The molecule has 0 spiro atoms. The molecule has 0 radical (unpaired) electrons. The van der Waals surface area contributed by atoms with E-state index in [1.807, 2.05) is 0 Å². The molecule has 0 N–H and O–H groups in total. The molecule has 10 aromatic carbocycles. The fraction of sp³-hybridized carbons (Fsp3) is 0. The van der Waals surface area contributed by atoms with Gasteiger partial charge in [0.05, 0.1) is 0 Å². The molecule has 10 rings (SSSR count). The molecule has 0 aliphatic carbocycles. The van der Waals surface area contributed by atoms with Crippen molar-refractivity contribution < 1.29 is 0 Å². The minimum atomic E-state index is 1.10. The standard InChI is InChI=1S/C56H39N/c1-3-13-40(14-4-1)42-25-27-43(28-26-42)44-29-33-50(34-30-44)57(51-35-31-45(32-36-51)47-19-11-18-46(37-47)41-15-5-2-6-16-41)52-21-12-20-48(38-52)56-39-49-17-7-8-22-53(49)54-23-9-10-24-55(54)56/h1-39H. The SMILES string of the molecule is c1ccc(-c2ccc(-c3ccc(N(c4ccc(-c5cccc(-c6ccccc6)c5)cc4)c4cccc(-c5cc6ccccc6c6ccccc56)c4)cc3)cc2)cc1. The number of hydrogen-bond acceptors (Lipinski definition) is 1. The van der Waals surface area contributed by atoms with Crippen molar-refractivity contribution in [3.63, 3.8) is 0 Å². The van der Waals surface area contributed by atoms with E-state index in [2.05, 4.69) is 241 Å². The number of fused-ring (bicyclic) bond motifs is 3. The maximum atomic E-state index is 2.37. The molecule has 0 bridgehead atoms. The predicted molar refractivity (Wildman–Crippen MR) is 243 cm³/mol. The lowest BCUT2D eigenvalue weighted by molar-refractivity contribution is 1.28. The molecule has 268 valence electrons. The third-order valence-electron chi connectivity index (χ3n) is 11.1. The molecule has 0 saturated heterocycles. The van der Waals surface area contributed by atoms with E-state index in [0.29, 0.717) is 0 Å². The molecule has 0 saturated carbocycles. The number of benzene rings is 10. The van der Waals surface area contributed by atoms with Gasteiger partial charge in [0.25, 0.3) is 0 Å². The summed E-state index contributed by atoms with van der Waals surface area (Å²) in [5.41, 5.74) is 15.3. The number of nitrogens with zero attached hydrogens (tertiary/aromatic N) is 1. The van der Waals surface area contributed by atoms with Crippen LogP contribution in [-0.4, -0.2) is 0 Å². The number of hydrogen-bond donors (Lipinski definition) is 0. The molecule has 1 heteroatoms. The van der Waals surface area contributed by atoms with Crippen LogP contribution in [0.15, 0.2) is 237 Å². The third kappa shape index (κ3) is 6.77. The summed E-state index contributed by atoms with van der Waals surface area (Å²) in [6, 6.07) is 85.6. The van der Waals surface area contributed by atoms with Crippen LogP contribution in [0.1, 0.15) is 0 Å². The number of rotatable bonds is 8. The van der Waals surface area contributed by atoms with E-state index < -0.39 is 0 Å². The summed E-state index contributed by atoms with van der Waals surface area (Å²) in [4.78, 5) is 2.37. The average Bonchev–Trinajstić information content (AvgIpc) is 3.30. The molecule has 0 amide bonds. The smallest absolute Gasteiger partial charge is 0.0467 e. The largest absolute Gasteiger partial charge is 0.310 e. The summed E-state index contributed by atoms with van der Waals surface area (Å²) in [5, 5.41) is 5.04. The van der Waals surface area contributed by atoms with E-state index in [1.165, 1.54) is 77.2 Å². The Hall–Kier alpha value is -7.48. The molecule has 0 atom stereocenters. The van der Waals surface area contributed by atoms with Crippen LogP contribution in [-0.2, 0) is 0 Å². The minimum Gasteiger partial charge on any atom is -0.310 e. The molecule has 10 aromatic rings. The van der Waals surface area contributed by atoms with Crippen LogP contribution >= 0.6 is 0 Å². The Morgan fingerprint density at radius 2 is 0.614 bits per heavy atom. The Kier molecular flexibility index (Phi) is 8.95. The Balaban J connectivity index is 1.05. The van der Waals surface area contributed by atoms with E-state index in [4.69, 9.17) is 0 Å². The second-order valence-electron chi connectivity index (χ2n) is 14.6. The van der Waals surface area contributed by atoms with Gasteiger partial charge in [0.2, 0.25) is 0 Å². The van der Waals surface area contributed by atoms with Crippen molar-refractivity contribution in [2.45, 2.75) is 0 Å². The highest BCUT2D eigenvalue weighted by atomic mass is 15.1. The van der Waals surface area contributed by atoms with Crippen molar-refractivity contribution in [3.8, 4) is 55.6 Å². The zero-order chi connectivity index (χ0) is 38.0. The van der Waals surface area contributed by atoms with Crippen molar-refractivity contribution in [1.82, 2.24) is 0 Å². The van der Waals surface area contributed by atoms with E-state index in [1.54, 1.807) is 0 Å². The normalized spacial score (nSPS) is 11.2. The Labute approximate surface area is 334 Å². The van der Waals surface area contributed by atoms with E-state index in [0.717, 1.165) is 17.1 Å². The second-order valence-corrected chi connectivity index (χ2v) is 14.6. The van der Waals surface area contributed by atoms with Crippen LogP contribution in [0, 0.1) is 0 Å². The van der Waals surface area contributed by atoms with Gasteiger partial charge in [0, 0.05) is 17.1 Å². The van der Waals surface area contributed by atoms with Crippen molar-refractivity contribution in [3.05, 3.63) is 237 Å². The third-order valence-corrected chi connectivity index (χ3v) is 11.1. The maximum Gasteiger partial charge on any atom is 0.0467 e. The van der Waals surface area contributed by atoms with Gasteiger partial charge in [0.15, 0.2) is 0 Å². The quantitative estimate of drug-likeness (QED) is 0.141. The molecular formula is C56H39N. The lowest BCUT2D eigenvalue weighted by atomic mass is 9.93. The lowest BCUT2D eigenvalue weighted by Gasteiger charge is -2.26. The summed E-state index contributed by atoms with van der Waals surface area (Å²) in [6.45, 7) is 0. The van der Waals surface area contributed by atoms with Crippen molar-refractivity contribution in [1.29, 1.82) is 0 Å². The van der Waals surface area contributed by atoms with Crippen molar-refractivity contribution in [2.75, 3.05) is 4.90 Å². The van der Waals surface area contributed by atoms with Crippen molar-refractivity contribution in [2.24, 2.45) is 0 Å². The highest BCUT2D eigenvalue weighted by Crippen LogP contribution is 2.41. The average molecular weight is 726 g/mol. The molecule has 0 fully saturated rings. The highest BCUT2D eigenvalue weighted by molar-refractivity contribution is 6.14. The first-order valence-electron chi connectivity index (χ1n) is 19.6. The Bertz CT molecular complexity index is 2970. The Morgan fingerprint density at radius 1 is 0.211 bits per heavy atom. The minimum absolute atomic E-state index is 1.10. The summed E-state index contributed by atoms with van der Waals surface area (Å²) in [6.07, 6.45) is 0. The zero-order valence-electron chi connectivity index (χ0n) is 31.5. The second kappa shape index (κ2) is 15.0. The van der Waals surface area contributed by atoms with E-state index in [-0.39, 0.29) is 0 Å². The van der Waals surface area contributed by atoms with Crippen LogP contribution in [0.2, 0.25) is 0 Å². The van der Waals surface area contributed by atoms with E-state index >= 15 is 0 Å². The first-order valence-corrected chi connectivity index (χ1v) is 19.6. The molecular weight excluding hydrogens is 687 g/mol. The molecule has 1 nitrogen and oxygen atoms in total. The van der Waals surface area contributed by atoms with Crippen LogP contribution in [0.25, 0.3) is 77.2 Å². The molecule has 0 heterocycles. The van der Waals surface area contributed by atoms with Gasteiger partial charge in [-0.05, 0) is 126 Å². The van der Waals surface area contributed by atoms with Gasteiger partial charge >= 0.3 is 0 Å². The van der Waals surface area contributed by atoms with Gasteiger partial charge < -0.3 is 4.90 Å². The highest BCUT2D eigenvalue weighted by Gasteiger charge is 2.16. The van der Waals surface area contributed by atoms with Gasteiger partial charge in [-0.15, -0.1) is 0 Å². The summed E-state index contributed by atoms with van der Waals surface area (Å²) >= 11 is 0.